The number of sulfonamides is 1. The van der Waals surface area contributed by atoms with Crippen molar-refractivity contribution in [1.29, 1.82) is 0 Å². The van der Waals surface area contributed by atoms with Crippen molar-refractivity contribution in [1.82, 2.24) is 10.2 Å². The van der Waals surface area contributed by atoms with E-state index in [9.17, 15) is 18.0 Å². The van der Waals surface area contributed by atoms with Gasteiger partial charge in [-0.25, -0.2) is 8.42 Å². The van der Waals surface area contributed by atoms with Gasteiger partial charge in [0.2, 0.25) is 21.8 Å². The van der Waals surface area contributed by atoms with E-state index in [1.165, 1.54) is 4.90 Å². The van der Waals surface area contributed by atoms with E-state index in [4.69, 9.17) is 4.74 Å². The molecule has 0 aromatic heterocycles. The zero-order valence-electron chi connectivity index (χ0n) is 21.5. The number of aryl methyl sites for hydroxylation is 2. The number of carbonyl (C=O) groups excluding carboxylic acids is 2. The number of anilines is 1. The van der Waals surface area contributed by atoms with E-state index in [0.29, 0.717) is 24.4 Å². The van der Waals surface area contributed by atoms with Gasteiger partial charge in [0, 0.05) is 13.1 Å². The Kier molecular flexibility index (Phi) is 10.1. The highest BCUT2D eigenvalue weighted by molar-refractivity contribution is 7.92. The molecule has 0 aliphatic heterocycles. The van der Waals surface area contributed by atoms with Crippen LogP contribution in [0.4, 0.5) is 5.69 Å². The summed E-state index contributed by atoms with van der Waals surface area (Å²) >= 11 is 0. The van der Waals surface area contributed by atoms with Crippen molar-refractivity contribution in [3.63, 3.8) is 0 Å². The monoisotopic (exact) mass is 503 g/mol. The van der Waals surface area contributed by atoms with E-state index in [-0.39, 0.29) is 12.5 Å². The van der Waals surface area contributed by atoms with E-state index in [1.807, 2.05) is 58.0 Å². The number of ether oxygens (including phenoxy) is 1. The van der Waals surface area contributed by atoms with Crippen molar-refractivity contribution < 1.29 is 22.7 Å². The molecule has 35 heavy (non-hydrogen) atoms. The van der Waals surface area contributed by atoms with Crippen LogP contribution in [-0.2, 0) is 26.2 Å². The van der Waals surface area contributed by atoms with E-state index >= 15 is 0 Å². The number of rotatable bonds is 12. The van der Waals surface area contributed by atoms with Gasteiger partial charge in [0.25, 0.3) is 0 Å². The second kappa shape index (κ2) is 12.6. The predicted octanol–water partition coefficient (Wildman–Crippen LogP) is 3.41. The normalized spacial score (nSPS) is 12.1. The molecule has 1 N–H and O–H groups in total. The Morgan fingerprint density at radius 1 is 1.06 bits per heavy atom. The molecule has 8 nitrogen and oxygen atoms in total. The molecule has 0 bridgehead atoms. The number of benzene rings is 2. The molecule has 2 aromatic carbocycles. The molecule has 0 heterocycles. The molecule has 0 aliphatic carbocycles. The Morgan fingerprint density at radius 3 is 2.23 bits per heavy atom. The second-order valence-corrected chi connectivity index (χ2v) is 10.5. The molecule has 0 aliphatic rings. The first-order valence-corrected chi connectivity index (χ1v) is 13.6. The summed E-state index contributed by atoms with van der Waals surface area (Å²) in [6, 6.07) is 12.0. The van der Waals surface area contributed by atoms with Crippen LogP contribution in [-0.4, -0.2) is 57.6 Å². The van der Waals surface area contributed by atoms with Gasteiger partial charge >= 0.3 is 0 Å². The van der Waals surface area contributed by atoms with Crippen LogP contribution in [0, 0.1) is 13.8 Å². The van der Waals surface area contributed by atoms with Gasteiger partial charge in [0.1, 0.15) is 18.3 Å². The van der Waals surface area contributed by atoms with Crippen LogP contribution in [0.2, 0.25) is 0 Å². The van der Waals surface area contributed by atoms with Crippen molar-refractivity contribution >= 4 is 27.5 Å². The average Bonchev–Trinajstić information content (AvgIpc) is 2.81. The molecule has 9 heteroatoms. The third kappa shape index (κ3) is 7.45. The number of nitrogens with zero attached hydrogens (tertiary/aromatic N) is 2. The number of nitrogens with one attached hydrogen (secondary N) is 1. The summed E-state index contributed by atoms with van der Waals surface area (Å²) < 4.78 is 32.1. The minimum atomic E-state index is -3.78. The lowest BCUT2D eigenvalue weighted by Gasteiger charge is -2.33. The van der Waals surface area contributed by atoms with Gasteiger partial charge in [-0.3, -0.25) is 13.9 Å². The summed E-state index contributed by atoms with van der Waals surface area (Å²) in [5.74, 6) is -0.0883. The van der Waals surface area contributed by atoms with Crippen LogP contribution in [0.25, 0.3) is 0 Å². The lowest BCUT2D eigenvalue weighted by molar-refractivity contribution is -0.140. The van der Waals surface area contributed by atoms with E-state index in [0.717, 1.165) is 33.7 Å². The lowest BCUT2D eigenvalue weighted by Crippen LogP contribution is -2.52. The first kappa shape index (κ1) is 28.2. The molecule has 0 saturated heterocycles. The zero-order valence-corrected chi connectivity index (χ0v) is 22.3. The van der Waals surface area contributed by atoms with Crippen molar-refractivity contribution in [3.05, 3.63) is 59.2 Å². The minimum Gasteiger partial charge on any atom is -0.497 e. The minimum absolute atomic E-state index is 0.137. The summed E-state index contributed by atoms with van der Waals surface area (Å²) in [7, 11) is -2.22. The molecule has 0 unspecified atom stereocenters. The van der Waals surface area contributed by atoms with Crippen LogP contribution >= 0.6 is 0 Å². The first-order chi connectivity index (χ1) is 16.5. The van der Waals surface area contributed by atoms with Gasteiger partial charge < -0.3 is 15.0 Å². The Labute approximate surface area is 209 Å². The van der Waals surface area contributed by atoms with E-state index in [2.05, 4.69) is 5.32 Å². The maximum Gasteiger partial charge on any atom is 0.244 e. The fraction of sp³-hybridized carbons (Fsp3) is 0.462. The Morgan fingerprint density at radius 2 is 1.69 bits per heavy atom. The fourth-order valence-corrected chi connectivity index (χ4v) is 4.99. The number of para-hydroxylation sites is 1. The lowest BCUT2D eigenvalue weighted by atomic mass is 10.1. The highest BCUT2D eigenvalue weighted by Gasteiger charge is 2.32. The third-order valence-corrected chi connectivity index (χ3v) is 6.90. The molecule has 0 saturated carbocycles. The largest absolute Gasteiger partial charge is 0.497 e. The van der Waals surface area contributed by atoms with Gasteiger partial charge in [0.15, 0.2) is 0 Å². The quantitative estimate of drug-likeness (QED) is 0.479. The number of methoxy groups -OCH3 is 1. The Hall–Kier alpha value is -3.07. The molecule has 2 rings (SSSR count). The SMILES string of the molecule is CCCNC(=O)[C@@H](CC)N(Cc1cccc(OC)c1)C(=O)CN(c1c(C)cccc1C)S(C)(=O)=O. The Bertz CT molecular complexity index is 1110. The summed E-state index contributed by atoms with van der Waals surface area (Å²) in [6.07, 6.45) is 2.23. The maximum absolute atomic E-state index is 13.7. The predicted molar refractivity (Wildman–Crippen MR) is 139 cm³/mol. The highest BCUT2D eigenvalue weighted by Crippen LogP contribution is 2.27. The molecule has 0 spiro atoms. The van der Waals surface area contributed by atoms with Gasteiger partial charge in [-0.1, -0.05) is 44.2 Å². The molecular weight excluding hydrogens is 466 g/mol. The molecule has 0 fully saturated rings. The third-order valence-electron chi connectivity index (χ3n) is 5.79. The summed E-state index contributed by atoms with van der Waals surface area (Å²) in [5, 5.41) is 2.87. The van der Waals surface area contributed by atoms with Gasteiger partial charge in [-0.05, 0) is 55.5 Å². The van der Waals surface area contributed by atoms with Crippen LogP contribution in [0.5, 0.6) is 5.75 Å². The van der Waals surface area contributed by atoms with E-state index in [1.54, 1.807) is 19.2 Å². The van der Waals surface area contributed by atoms with Gasteiger partial charge in [-0.2, -0.15) is 0 Å². The average molecular weight is 504 g/mol. The standard InChI is InChI=1S/C26H37N3O5S/c1-7-15-27-26(31)23(8-2)28(17-21-13-10-14-22(16-21)34-5)24(30)18-29(35(6,32)33)25-19(3)11-9-12-20(25)4/h9-14,16,23H,7-8,15,17-18H2,1-6H3,(H,27,31)/t23-/m1/s1. The fourth-order valence-electron chi connectivity index (χ4n) is 4.03. The van der Waals surface area contributed by atoms with Crippen LogP contribution < -0.4 is 14.4 Å². The molecule has 192 valence electrons. The number of amides is 2. The zero-order chi connectivity index (χ0) is 26.2. The number of hydrogen-bond acceptors (Lipinski definition) is 5. The summed E-state index contributed by atoms with van der Waals surface area (Å²) in [4.78, 5) is 28.2. The molecule has 2 amide bonds. The number of hydrogen-bond donors (Lipinski definition) is 1. The van der Waals surface area contributed by atoms with Crippen molar-refractivity contribution in [2.45, 2.75) is 53.1 Å². The van der Waals surface area contributed by atoms with Gasteiger partial charge in [0.05, 0.1) is 19.1 Å². The molecule has 0 radical (unpaired) electrons. The van der Waals surface area contributed by atoms with E-state index < -0.39 is 28.5 Å². The molecular formula is C26H37N3O5S. The maximum atomic E-state index is 13.7. The topological polar surface area (TPSA) is 96.0 Å². The number of carbonyl (C=O) groups is 2. The summed E-state index contributed by atoms with van der Waals surface area (Å²) in [5.41, 5.74) is 2.75. The molecule has 1 atom stereocenters. The smallest absolute Gasteiger partial charge is 0.244 e. The van der Waals surface area contributed by atoms with Crippen molar-refractivity contribution in [2.24, 2.45) is 0 Å². The van der Waals surface area contributed by atoms with Crippen LogP contribution in [0.1, 0.15) is 43.4 Å². The van der Waals surface area contributed by atoms with Gasteiger partial charge in [-0.15, -0.1) is 0 Å². The van der Waals surface area contributed by atoms with Crippen LogP contribution in [0.3, 0.4) is 0 Å². The molecule has 2 aromatic rings. The Balaban J connectivity index is 2.49. The second-order valence-electron chi connectivity index (χ2n) is 8.60. The highest BCUT2D eigenvalue weighted by atomic mass is 32.2. The van der Waals surface area contributed by atoms with Crippen molar-refractivity contribution in [2.75, 3.05) is 30.8 Å². The van der Waals surface area contributed by atoms with Crippen LogP contribution in [0.15, 0.2) is 42.5 Å². The van der Waals surface area contributed by atoms with Crippen molar-refractivity contribution in [3.8, 4) is 5.75 Å². The first-order valence-electron chi connectivity index (χ1n) is 11.8. The summed E-state index contributed by atoms with van der Waals surface area (Å²) in [6.45, 7) is 7.63.